The van der Waals surface area contributed by atoms with Crippen LogP contribution >= 0.6 is 0 Å². The van der Waals surface area contributed by atoms with Crippen LogP contribution in [0.5, 0.6) is 0 Å². The van der Waals surface area contributed by atoms with Crippen LogP contribution in [0, 0.1) is 0 Å². The molecule has 2 heterocycles. The van der Waals surface area contributed by atoms with Crippen molar-refractivity contribution in [3.63, 3.8) is 0 Å². The van der Waals surface area contributed by atoms with Crippen molar-refractivity contribution in [1.29, 1.82) is 0 Å². The maximum absolute atomic E-state index is 11.3. The van der Waals surface area contributed by atoms with Crippen LogP contribution in [0.25, 0.3) is 16.9 Å². The van der Waals surface area contributed by atoms with Gasteiger partial charge in [0, 0.05) is 17.4 Å². The zero-order valence-corrected chi connectivity index (χ0v) is 9.58. The average molecular weight is 237 g/mol. The number of fused-ring (bicyclic) bond motifs is 1. The Morgan fingerprint density at radius 2 is 1.89 bits per heavy atom. The predicted octanol–water partition coefficient (Wildman–Crippen LogP) is 2.40. The minimum Gasteiger partial charge on any atom is -0.398 e. The van der Waals surface area contributed by atoms with Gasteiger partial charge in [0.25, 0.3) is 0 Å². The van der Waals surface area contributed by atoms with Crippen LogP contribution in [-0.4, -0.2) is 15.7 Å². The summed E-state index contributed by atoms with van der Waals surface area (Å²) < 4.78 is 1.76. The number of nitrogens with zero attached hydrogens (tertiary/aromatic N) is 2. The molecule has 0 bridgehead atoms. The lowest BCUT2D eigenvalue weighted by Gasteiger charge is -2.02. The third-order valence-corrected chi connectivity index (χ3v) is 2.89. The Balaban J connectivity index is 2.36. The van der Waals surface area contributed by atoms with Gasteiger partial charge in [0.2, 0.25) is 0 Å². The number of aromatic nitrogens is 2. The van der Waals surface area contributed by atoms with Gasteiger partial charge in [-0.3, -0.25) is 9.20 Å². The molecule has 18 heavy (non-hydrogen) atoms. The Bertz CT molecular complexity index is 731. The number of hydrogen-bond donors (Lipinski definition) is 1. The number of rotatable bonds is 2. The Morgan fingerprint density at radius 3 is 2.67 bits per heavy atom. The van der Waals surface area contributed by atoms with Crippen molar-refractivity contribution in [1.82, 2.24) is 9.38 Å². The highest BCUT2D eigenvalue weighted by atomic mass is 16.1. The van der Waals surface area contributed by atoms with E-state index in [1.165, 1.54) is 0 Å². The molecule has 2 aromatic heterocycles. The summed E-state index contributed by atoms with van der Waals surface area (Å²) >= 11 is 0. The van der Waals surface area contributed by atoms with E-state index >= 15 is 0 Å². The molecule has 4 heteroatoms. The summed E-state index contributed by atoms with van der Waals surface area (Å²) in [4.78, 5) is 15.8. The number of aldehydes is 1. The molecular formula is C14H11N3O. The number of nitrogens with two attached hydrogens (primary N) is 1. The van der Waals surface area contributed by atoms with Crippen LogP contribution in [0.4, 0.5) is 5.69 Å². The van der Waals surface area contributed by atoms with E-state index in [0.29, 0.717) is 17.1 Å². The van der Waals surface area contributed by atoms with Gasteiger partial charge in [-0.25, -0.2) is 4.98 Å². The van der Waals surface area contributed by atoms with E-state index in [9.17, 15) is 4.79 Å². The average Bonchev–Trinajstić information content (AvgIpc) is 2.77. The van der Waals surface area contributed by atoms with E-state index in [0.717, 1.165) is 17.5 Å². The zero-order chi connectivity index (χ0) is 12.5. The first kappa shape index (κ1) is 10.5. The SMILES string of the molecule is Nc1ccccc1-c1nc2ccccn2c1C=O. The van der Waals surface area contributed by atoms with E-state index in [1.54, 1.807) is 10.5 Å². The molecule has 0 unspecified atom stereocenters. The molecule has 0 aliphatic carbocycles. The van der Waals surface area contributed by atoms with Crippen molar-refractivity contribution >= 4 is 17.6 Å². The van der Waals surface area contributed by atoms with Gasteiger partial charge in [-0.05, 0) is 18.2 Å². The van der Waals surface area contributed by atoms with Crippen molar-refractivity contribution < 1.29 is 4.79 Å². The highest BCUT2D eigenvalue weighted by Gasteiger charge is 2.14. The molecule has 3 aromatic rings. The topological polar surface area (TPSA) is 60.4 Å². The van der Waals surface area contributed by atoms with Crippen molar-refractivity contribution in [2.24, 2.45) is 0 Å². The second kappa shape index (κ2) is 4.00. The van der Waals surface area contributed by atoms with Crippen molar-refractivity contribution in [2.75, 3.05) is 5.73 Å². The van der Waals surface area contributed by atoms with Gasteiger partial charge in [0.15, 0.2) is 6.29 Å². The second-order valence-electron chi connectivity index (χ2n) is 3.98. The van der Waals surface area contributed by atoms with Gasteiger partial charge >= 0.3 is 0 Å². The summed E-state index contributed by atoms with van der Waals surface area (Å²) in [5.74, 6) is 0. The third kappa shape index (κ3) is 1.47. The number of para-hydroxylation sites is 1. The van der Waals surface area contributed by atoms with E-state index in [-0.39, 0.29) is 0 Å². The smallest absolute Gasteiger partial charge is 0.169 e. The monoisotopic (exact) mass is 237 g/mol. The maximum atomic E-state index is 11.3. The van der Waals surface area contributed by atoms with Gasteiger partial charge in [0.1, 0.15) is 17.0 Å². The molecule has 0 saturated heterocycles. The molecule has 88 valence electrons. The molecule has 3 rings (SSSR count). The number of carbonyl (C=O) groups is 1. The summed E-state index contributed by atoms with van der Waals surface area (Å²) in [6, 6.07) is 13.0. The van der Waals surface area contributed by atoms with Gasteiger partial charge < -0.3 is 5.73 Å². The van der Waals surface area contributed by atoms with Crippen LogP contribution in [-0.2, 0) is 0 Å². The number of benzene rings is 1. The number of nitrogen functional groups attached to an aromatic ring is 1. The van der Waals surface area contributed by atoms with Crippen molar-refractivity contribution in [3.05, 3.63) is 54.4 Å². The Hall–Kier alpha value is -2.62. The fraction of sp³-hybridized carbons (Fsp3) is 0. The highest BCUT2D eigenvalue weighted by Crippen LogP contribution is 2.27. The van der Waals surface area contributed by atoms with E-state index in [4.69, 9.17) is 5.73 Å². The number of pyridine rings is 1. The molecule has 0 saturated carbocycles. The number of anilines is 1. The molecule has 4 nitrogen and oxygen atoms in total. The number of imidazole rings is 1. The largest absolute Gasteiger partial charge is 0.398 e. The zero-order valence-electron chi connectivity index (χ0n) is 9.58. The van der Waals surface area contributed by atoms with Crippen molar-refractivity contribution in [2.45, 2.75) is 0 Å². The van der Waals surface area contributed by atoms with E-state index < -0.39 is 0 Å². The number of hydrogen-bond acceptors (Lipinski definition) is 3. The van der Waals surface area contributed by atoms with E-state index in [1.807, 2.05) is 42.6 Å². The summed E-state index contributed by atoms with van der Waals surface area (Å²) in [7, 11) is 0. The van der Waals surface area contributed by atoms with Crippen molar-refractivity contribution in [3.8, 4) is 11.3 Å². The quantitative estimate of drug-likeness (QED) is 0.550. The summed E-state index contributed by atoms with van der Waals surface area (Å²) in [5.41, 5.74) is 9.20. The summed E-state index contributed by atoms with van der Waals surface area (Å²) in [6.07, 6.45) is 2.62. The first-order valence-electron chi connectivity index (χ1n) is 5.58. The summed E-state index contributed by atoms with van der Waals surface area (Å²) in [5, 5.41) is 0. The molecule has 1 aromatic carbocycles. The van der Waals surface area contributed by atoms with E-state index in [2.05, 4.69) is 4.98 Å². The molecule has 0 radical (unpaired) electrons. The fourth-order valence-electron chi connectivity index (χ4n) is 2.04. The molecule has 0 fully saturated rings. The van der Waals surface area contributed by atoms with Gasteiger partial charge in [0.05, 0.1) is 0 Å². The molecule has 0 aliphatic rings. The Kier molecular flexibility index (Phi) is 2.34. The van der Waals surface area contributed by atoms with Crippen LogP contribution in [0.1, 0.15) is 10.5 Å². The molecule has 0 spiro atoms. The Labute approximate surface area is 104 Å². The predicted molar refractivity (Wildman–Crippen MR) is 70.4 cm³/mol. The number of carbonyl (C=O) groups excluding carboxylic acids is 1. The van der Waals surface area contributed by atoms with Crippen LogP contribution in [0.3, 0.4) is 0 Å². The summed E-state index contributed by atoms with van der Waals surface area (Å²) in [6.45, 7) is 0. The van der Waals surface area contributed by atoms with Gasteiger partial charge in [-0.1, -0.05) is 24.3 Å². The molecule has 0 amide bonds. The molecule has 0 aliphatic heterocycles. The fourth-order valence-corrected chi connectivity index (χ4v) is 2.04. The highest BCUT2D eigenvalue weighted by molar-refractivity contribution is 5.89. The van der Waals surface area contributed by atoms with Crippen LogP contribution in [0.2, 0.25) is 0 Å². The lowest BCUT2D eigenvalue weighted by Crippen LogP contribution is -1.94. The van der Waals surface area contributed by atoms with Gasteiger partial charge in [-0.15, -0.1) is 0 Å². The standard InChI is InChI=1S/C14H11N3O/c15-11-6-2-1-5-10(11)14-12(9-18)17-8-4-3-7-13(17)16-14/h1-9H,15H2. The second-order valence-corrected chi connectivity index (χ2v) is 3.98. The van der Waals surface area contributed by atoms with Gasteiger partial charge in [-0.2, -0.15) is 0 Å². The lowest BCUT2D eigenvalue weighted by atomic mass is 10.1. The first-order valence-corrected chi connectivity index (χ1v) is 5.58. The minimum atomic E-state index is 0.517. The lowest BCUT2D eigenvalue weighted by molar-refractivity contribution is 0.111. The minimum absolute atomic E-state index is 0.517. The van der Waals surface area contributed by atoms with Crippen LogP contribution in [0.15, 0.2) is 48.7 Å². The molecule has 0 atom stereocenters. The molecular weight excluding hydrogens is 226 g/mol. The Morgan fingerprint density at radius 1 is 1.11 bits per heavy atom. The third-order valence-electron chi connectivity index (χ3n) is 2.89. The normalized spacial score (nSPS) is 10.7. The van der Waals surface area contributed by atoms with Crippen LogP contribution < -0.4 is 5.73 Å². The molecule has 2 N–H and O–H groups in total. The maximum Gasteiger partial charge on any atom is 0.169 e. The first-order chi connectivity index (χ1) is 8.81.